The first-order chi connectivity index (χ1) is 7.65. The Morgan fingerprint density at radius 3 is 2.50 bits per heavy atom. The van der Waals surface area contributed by atoms with Gasteiger partial charge in [0, 0.05) is 19.1 Å². The highest BCUT2D eigenvalue weighted by Gasteiger charge is 2.42. The highest BCUT2D eigenvalue weighted by Crippen LogP contribution is 2.31. The summed E-state index contributed by atoms with van der Waals surface area (Å²) in [4.78, 5) is 19.2. The predicted octanol–water partition coefficient (Wildman–Crippen LogP) is 0.258. The van der Waals surface area contributed by atoms with Crippen LogP contribution in [0.15, 0.2) is 0 Å². The van der Waals surface area contributed by atoms with E-state index in [1.807, 2.05) is 6.92 Å². The molecule has 0 N–H and O–H groups in total. The van der Waals surface area contributed by atoms with E-state index in [-0.39, 0.29) is 11.9 Å². The number of hydroxylamine groups is 2. The van der Waals surface area contributed by atoms with Crippen molar-refractivity contribution in [3.05, 3.63) is 0 Å². The third-order valence-electron chi connectivity index (χ3n) is 3.69. The molecule has 2 aliphatic rings. The lowest BCUT2D eigenvalue weighted by molar-refractivity contribution is -0.177. The Morgan fingerprint density at radius 2 is 2.00 bits per heavy atom. The third kappa shape index (κ3) is 1.95. The zero-order valence-electron chi connectivity index (χ0n) is 10.2. The number of nitrogens with zero attached hydrogens (tertiary/aromatic N) is 2. The lowest BCUT2D eigenvalue weighted by atomic mass is 10.1. The molecule has 0 aromatic rings. The van der Waals surface area contributed by atoms with Crippen molar-refractivity contribution in [2.45, 2.75) is 37.9 Å². The largest absolute Gasteiger partial charge is 0.378 e. The summed E-state index contributed by atoms with van der Waals surface area (Å²) in [5.41, 5.74) is 0. The van der Waals surface area contributed by atoms with Crippen molar-refractivity contribution in [1.82, 2.24) is 9.96 Å². The Balaban J connectivity index is 2.04. The van der Waals surface area contributed by atoms with Crippen molar-refractivity contribution in [3.63, 3.8) is 0 Å². The first kappa shape index (κ1) is 11.8. The number of hydrogen-bond donors (Lipinski definition) is 0. The molecule has 2 fully saturated rings. The number of amides is 1. The summed E-state index contributed by atoms with van der Waals surface area (Å²) in [7, 11) is 3.17. The van der Waals surface area contributed by atoms with Crippen molar-refractivity contribution in [1.29, 1.82) is 0 Å². The van der Waals surface area contributed by atoms with Crippen LogP contribution in [-0.2, 0) is 14.4 Å². The highest BCUT2D eigenvalue weighted by atomic mass is 16.7. The molecule has 3 atom stereocenters. The molecular formula is C11H20N2O3. The first-order valence-corrected chi connectivity index (χ1v) is 5.82. The Labute approximate surface area is 96.2 Å². The van der Waals surface area contributed by atoms with Gasteiger partial charge in [-0.05, 0) is 19.8 Å². The number of likely N-dealkylation sites (N-methyl/N-ethyl adjacent to an activating group) is 1. The summed E-state index contributed by atoms with van der Waals surface area (Å²) < 4.78 is 5.51. The van der Waals surface area contributed by atoms with Crippen LogP contribution in [0.1, 0.15) is 19.8 Å². The van der Waals surface area contributed by atoms with Crippen LogP contribution < -0.4 is 0 Å². The minimum absolute atomic E-state index is 0.0151. The maximum Gasteiger partial charge on any atom is 0.262 e. The first-order valence-electron chi connectivity index (χ1n) is 5.82. The Hall–Kier alpha value is -0.650. The highest BCUT2D eigenvalue weighted by molar-refractivity contribution is 5.80. The summed E-state index contributed by atoms with van der Waals surface area (Å²) in [5.74, 6) is 0.0151. The van der Waals surface area contributed by atoms with Crippen LogP contribution in [-0.4, -0.2) is 61.4 Å². The molecule has 0 spiro atoms. The minimum atomic E-state index is -0.119. The van der Waals surface area contributed by atoms with Gasteiger partial charge in [0.2, 0.25) is 0 Å². The molecule has 0 radical (unpaired) electrons. The van der Waals surface area contributed by atoms with Crippen molar-refractivity contribution >= 4 is 5.91 Å². The number of carbonyl (C=O) groups excluding carboxylic acids is 1. The molecule has 2 saturated heterocycles. The Bertz CT molecular complexity index is 256. The molecule has 2 rings (SSSR count). The molecule has 92 valence electrons. The van der Waals surface area contributed by atoms with Gasteiger partial charge in [0.05, 0.1) is 26.4 Å². The van der Waals surface area contributed by atoms with Gasteiger partial charge in [-0.15, -0.1) is 0 Å². The van der Waals surface area contributed by atoms with Crippen molar-refractivity contribution in [2.24, 2.45) is 0 Å². The third-order valence-corrected chi connectivity index (χ3v) is 3.69. The second-order valence-corrected chi connectivity index (χ2v) is 4.56. The van der Waals surface area contributed by atoms with Crippen LogP contribution in [0.5, 0.6) is 0 Å². The van der Waals surface area contributed by atoms with Gasteiger partial charge in [-0.3, -0.25) is 14.5 Å². The van der Waals surface area contributed by atoms with Crippen LogP contribution in [0.25, 0.3) is 0 Å². The summed E-state index contributed by atoms with van der Waals surface area (Å²) in [5, 5.41) is 1.31. The molecule has 0 aliphatic carbocycles. The van der Waals surface area contributed by atoms with Crippen LogP contribution in [0.2, 0.25) is 0 Å². The summed E-state index contributed by atoms with van der Waals surface area (Å²) in [6, 6.07) is 0.692. The number of morpholine rings is 1. The van der Waals surface area contributed by atoms with Crippen molar-refractivity contribution < 1.29 is 14.4 Å². The van der Waals surface area contributed by atoms with E-state index in [0.29, 0.717) is 12.1 Å². The monoisotopic (exact) mass is 228 g/mol. The van der Waals surface area contributed by atoms with Gasteiger partial charge in [0.15, 0.2) is 0 Å². The van der Waals surface area contributed by atoms with Crippen LogP contribution in [0, 0.1) is 0 Å². The second-order valence-electron chi connectivity index (χ2n) is 4.56. The lowest BCUT2D eigenvalue weighted by Crippen LogP contribution is -2.55. The predicted molar refractivity (Wildman–Crippen MR) is 58.7 cm³/mol. The van der Waals surface area contributed by atoms with Gasteiger partial charge in [0.25, 0.3) is 5.91 Å². The zero-order valence-corrected chi connectivity index (χ0v) is 10.2. The van der Waals surface area contributed by atoms with E-state index in [1.165, 1.54) is 12.2 Å². The molecule has 0 unspecified atom stereocenters. The fourth-order valence-corrected chi connectivity index (χ4v) is 2.77. The maximum absolute atomic E-state index is 12.0. The number of carbonyl (C=O) groups is 1. The number of fused-ring (bicyclic) bond motifs is 2. The molecule has 2 heterocycles. The van der Waals surface area contributed by atoms with Crippen LogP contribution in [0.4, 0.5) is 0 Å². The Morgan fingerprint density at radius 1 is 1.44 bits per heavy atom. The fourth-order valence-electron chi connectivity index (χ4n) is 2.77. The zero-order chi connectivity index (χ0) is 11.7. The van der Waals surface area contributed by atoms with E-state index in [9.17, 15) is 4.79 Å². The Kier molecular flexibility index (Phi) is 3.47. The topological polar surface area (TPSA) is 42.0 Å². The van der Waals surface area contributed by atoms with Crippen LogP contribution in [0.3, 0.4) is 0 Å². The van der Waals surface area contributed by atoms with Gasteiger partial charge in [-0.2, -0.15) is 0 Å². The second kappa shape index (κ2) is 4.69. The lowest BCUT2D eigenvalue weighted by Gasteiger charge is -2.39. The molecule has 5 nitrogen and oxygen atoms in total. The number of ether oxygens (including phenoxy) is 1. The van der Waals surface area contributed by atoms with Crippen LogP contribution >= 0.6 is 0 Å². The van der Waals surface area contributed by atoms with Gasteiger partial charge < -0.3 is 4.74 Å². The molecule has 2 bridgehead atoms. The van der Waals surface area contributed by atoms with E-state index in [2.05, 4.69) is 4.90 Å². The number of rotatable bonds is 3. The molecule has 1 amide bonds. The van der Waals surface area contributed by atoms with Gasteiger partial charge in [0.1, 0.15) is 0 Å². The van der Waals surface area contributed by atoms with Crippen molar-refractivity contribution in [2.75, 3.05) is 27.4 Å². The van der Waals surface area contributed by atoms with Crippen molar-refractivity contribution in [3.8, 4) is 0 Å². The maximum atomic E-state index is 12.0. The molecular weight excluding hydrogens is 208 g/mol. The normalized spacial score (nSPS) is 31.4. The van der Waals surface area contributed by atoms with E-state index < -0.39 is 0 Å². The average molecular weight is 228 g/mol. The van der Waals surface area contributed by atoms with E-state index in [4.69, 9.17) is 9.57 Å². The molecule has 5 heteroatoms. The number of hydrogen-bond acceptors (Lipinski definition) is 4. The molecule has 0 aromatic carbocycles. The molecule has 16 heavy (non-hydrogen) atoms. The van der Waals surface area contributed by atoms with E-state index in [1.54, 1.807) is 7.05 Å². The SMILES string of the molecule is CON(C)C(=O)[C@@H](C)N1[C@@H]2CC[C@H]1COC2. The quantitative estimate of drug-likeness (QED) is 0.650. The average Bonchev–Trinajstić information content (AvgIpc) is 2.56. The van der Waals surface area contributed by atoms with Gasteiger partial charge in [-0.25, -0.2) is 5.06 Å². The summed E-state index contributed by atoms with van der Waals surface area (Å²) in [6.07, 6.45) is 2.28. The summed E-state index contributed by atoms with van der Waals surface area (Å²) in [6.45, 7) is 3.46. The standard InChI is InChI=1S/C11H20N2O3/c1-8(11(14)12(2)15-3)13-9-4-5-10(13)7-16-6-9/h8-10H,4-7H2,1-3H3/t8-,9-,10+/m1/s1. The smallest absolute Gasteiger partial charge is 0.262 e. The van der Waals surface area contributed by atoms with E-state index >= 15 is 0 Å². The molecule has 0 saturated carbocycles. The fraction of sp³-hybridized carbons (Fsp3) is 0.909. The van der Waals surface area contributed by atoms with Gasteiger partial charge in [-0.1, -0.05) is 0 Å². The summed E-state index contributed by atoms with van der Waals surface area (Å²) >= 11 is 0. The molecule has 0 aromatic heterocycles. The minimum Gasteiger partial charge on any atom is -0.378 e. The molecule has 2 aliphatic heterocycles. The van der Waals surface area contributed by atoms with Gasteiger partial charge >= 0.3 is 0 Å². The van der Waals surface area contributed by atoms with E-state index in [0.717, 1.165) is 26.1 Å².